The second-order valence-corrected chi connectivity index (χ2v) is 2.68. The van der Waals surface area contributed by atoms with E-state index in [4.69, 9.17) is 5.11 Å². The molecular weight excluding hydrogens is 120 g/mol. The van der Waals surface area contributed by atoms with E-state index in [-0.39, 0.29) is 17.8 Å². The summed E-state index contributed by atoms with van der Waals surface area (Å²) in [6.07, 6.45) is 1.05. The van der Waals surface area contributed by atoms with Crippen LogP contribution in [0.25, 0.3) is 0 Å². The molecule has 2 aliphatic rings. The van der Waals surface area contributed by atoms with Gasteiger partial charge in [0.2, 0.25) is 6.29 Å². The van der Waals surface area contributed by atoms with Crippen LogP contribution in [0.3, 0.4) is 0 Å². The number of hydrogen-bond acceptors (Lipinski definition) is 3. The van der Waals surface area contributed by atoms with Crippen molar-refractivity contribution in [3.8, 4) is 0 Å². The molecule has 1 aliphatic carbocycles. The molecule has 0 amide bonds. The normalized spacial score (nSPS) is 47.7. The molecule has 0 spiro atoms. The monoisotopic (exact) mass is 128 g/mol. The van der Waals surface area contributed by atoms with Gasteiger partial charge in [-0.3, -0.25) is 4.79 Å². The molecule has 1 saturated carbocycles. The molecule has 2 fully saturated rings. The second-order valence-electron chi connectivity index (χ2n) is 2.68. The molecule has 0 bridgehead atoms. The van der Waals surface area contributed by atoms with Crippen LogP contribution in [0.1, 0.15) is 12.8 Å². The zero-order valence-corrected chi connectivity index (χ0v) is 4.91. The Morgan fingerprint density at radius 3 is 2.56 bits per heavy atom. The first-order valence-electron chi connectivity index (χ1n) is 3.17. The molecule has 1 saturated heterocycles. The van der Waals surface area contributed by atoms with Crippen molar-refractivity contribution in [2.75, 3.05) is 0 Å². The summed E-state index contributed by atoms with van der Waals surface area (Å²) >= 11 is 0. The van der Waals surface area contributed by atoms with Crippen molar-refractivity contribution < 1.29 is 14.6 Å². The standard InChI is InChI=1S/C6H8O3/c7-5-3-1-2-4(3)6(8)9-5/h3-5,7H,1-2H2. The molecule has 0 aromatic rings. The predicted molar refractivity (Wildman–Crippen MR) is 28.3 cm³/mol. The number of fused-ring (bicyclic) bond motifs is 1. The van der Waals surface area contributed by atoms with E-state index in [1.54, 1.807) is 0 Å². The van der Waals surface area contributed by atoms with Crippen LogP contribution >= 0.6 is 0 Å². The van der Waals surface area contributed by atoms with Crippen molar-refractivity contribution in [1.82, 2.24) is 0 Å². The van der Waals surface area contributed by atoms with Gasteiger partial charge < -0.3 is 9.84 Å². The predicted octanol–water partition coefficient (Wildman–Crippen LogP) is -0.112. The van der Waals surface area contributed by atoms with E-state index in [0.29, 0.717) is 0 Å². The Kier molecular flexibility index (Phi) is 0.858. The highest BCUT2D eigenvalue weighted by atomic mass is 16.6. The molecule has 50 valence electrons. The Morgan fingerprint density at radius 2 is 2.33 bits per heavy atom. The molecule has 2 rings (SSSR count). The van der Waals surface area contributed by atoms with Crippen LogP contribution in [0.2, 0.25) is 0 Å². The fourth-order valence-electron chi connectivity index (χ4n) is 1.45. The molecule has 1 heterocycles. The number of hydrogen-bond donors (Lipinski definition) is 1. The van der Waals surface area contributed by atoms with Gasteiger partial charge in [-0.15, -0.1) is 0 Å². The van der Waals surface area contributed by atoms with Crippen LogP contribution < -0.4 is 0 Å². The van der Waals surface area contributed by atoms with Gasteiger partial charge in [0.15, 0.2) is 0 Å². The maximum absolute atomic E-state index is 10.7. The Bertz CT molecular complexity index is 154. The van der Waals surface area contributed by atoms with Crippen LogP contribution in [-0.4, -0.2) is 17.4 Å². The molecule has 3 heteroatoms. The maximum atomic E-state index is 10.7. The smallest absolute Gasteiger partial charge is 0.311 e. The van der Waals surface area contributed by atoms with Gasteiger partial charge in [-0.2, -0.15) is 0 Å². The molecule has 0 aromatic heterocycles. The minimum Gasteiger partial charge on any atom is -0.435 e. The van der Waals surface area contributed by atoms with Crippen LogP contribution in [0, 0.1) is 11.8 Å². The summed E-state index contributed by atoms with van der Waals surface area (Å²) in [4.78, 5) is 10.7. The SMILES string of the molecule is O=C1OC(O)C2CCC12. The molecule has 3 unspecified atom stereocenters. The summed E-state index contributed by atoms with van der Waals surface area (Å²) in [6, 6.07) is 0. The van der Waals surface area contributed by atoms with E-state index >= 15 is 0 Å². The van der Waals surface area contributed by atoms with E-state index < -0.39 is 6.29 Å². The third kappa shape index (κ3) is 0.525. The quantitative estimate of drug-likeness (QED) is 0.463. The zero-order valence-electron chi connectivity index (χ0n) is 4.91. The number of esters is 1. The number of ether oxygens (including phenoxy) is 1. The van der Waals surface area contributed by atoms with E-state index in [9.17, 15) is 4.79 Å². The lowest BCUT2D eigenvalue weighted by Crippen LogP contribution is -2.29. The molecule has 9 heavy (non-hydrogen) atoms. The van der Waals surface area contributed by atoms with Gasteiger partial charge in [0, 0.05) is 5.92 Å². The minimum absolute atomic E-state index is 0.0278. The lowest BCUT2D eigenvalue weighted by Gasteiger charge is -2.26. The fourth-order valence-corrected chi connectivity index (χ4v) is 1.45. The molecule has 1 N–H and O–H groups in total. The van der Waals surface area contributed by atoms with Crippen LogP contribution in [0.15, 0.2) is 0 Å². The van der Waals surface area contributed by atoms with Gasteiger partial charge in [0.25, 0.3) is 0 Å². The molecule has 0 aromatic carbocycles. The van der Waals surface area contributed by atoms with Crippen LogP contribution in [0.5, 0.6) is 0 Å². The van der Waals surface area contributed by atoms with E-state index in [1.807, 2.05) is 0 Å². The van der Waals surface area contributed by atoms with Crippen LogP contribution in [-0.2, 0) is 9.53 Å². The lowest BCUT2D eigenvalue weighted by molar-refractivity contribution is -0.155. The zero-order chi connectivity index (χ0) is 6.43. The van der Waals surface area contributed by atoms with Crippen molar-refractivity contribution in [2.45, 2.75) is 19.1 Å². The highest BCUT2D eigenvalue weighted by Gasteiger charge is 2.49. The number of carbonyl (C=O) groups is 1. The Labute approximate surface area is 52.6 Å². The van der Waals surface area contributed by atoms with E-state index in [1.165, 1.54) is 0 Å². The molecule has 1 aliphatic heterocycles. The third-order valence-corrected chi connectivity index (χ3v) is 2.23. The number of rotatable bonds is 0. The Hall–Kier alpha value is -0.570. The number of aliphatic hydroxyl groups excluding tert-OH is 1. The number of aliphatic hydroxyl groups is 1. The van der Waals surface area contributed by atoms with Crippen molar-refractivity contribution >= 4 is 5.97 Å². The van der Waals surface area contributed by atoms with Gasteiger partial charge in [-0.25, -0.2) is 0 Å². The van der Waals surface area contributed by atoms with Crippen LogP contribution in [0.4, 0.5) is 0 Å². The average Bonchev–Trinajstić information content (AvgIpc) is 1.73. The van der Waals surface area contributed by atoms with Gasteiger partial charge in [-0.1, -0.05) is 0 Å². The van der Waals surface area contributed by atoms with Crippen molar-refractivity contribution in [3.63, 3.8) is 0 Å². The third-order valence-electron chi connectivity index (χ3n) is 2.23. The lowest BCUT2D eigenvalue weighted by atomic mass is 9.75. The topological polar surface area (TPSA) is 46.5 Å². The van der Waals surface area contributed by atoms with Gasteiger partial charge in [0.05, 0.1) is 5.92 Å². The van der Waals surface area contributed by atoms with E-state index in [0.717, 1.165) is 12.8 Å². The molecular formula is C6H8O3. The second kappa shape index (κ2) is 1.48. The average molecular weight is 128 g/mol. The summed E-state index contributed by atoms with van der Waals surface area (Å²) in [5.74, 6) is -0.0590. The van der Waals surface area contributed by atoms with Gasteiger partial charge >= 0.3 is 5.97 Å². The van der Waals surface area contributed by atoms with Crippen molar-refractivity contribution in [1.29, 1.82) is 0 Å². The largest absolute Gasteiger partial charge is 0.435 e. The Morgan fingerprint density at radius 1 is 1.56 bits per heavy atom. The summed E-state index contributed by atoms with van der Waals surface area (Å²) in [5, 5.41) is 8.95. The minimum atomic E-state index is -0.795. The fraction of sp³-hybridized carbons (Fsp3) is 0.833. The maximum Gasteiger partial charge on any atom is 0.311 e. The molecule has 3 atom stereocenters. The highest BCUT2D eigenvalue weighted by molar-refractivity contribution is 5.76. The summed E-state index contributed by atoms with van der Waals surface area (Å²) < 4.78 is 4.56. The van der Waals surface area contributed by atoms with Crippen molar-refractivity contribution in [3.05, 3.63) is 0 Å². The summed E-state index contributed by atoms with van der Waals surface area (Å²) in [6.45, 7) is 0. The van der Waals surface area contributed by atoms with Crippen molar-refractivity contribution in [2.24, 2.45) is 11.8 Å². The first-order valence-corrected chi connectivity index (χ1v) is 3.17. The van der Waals surface area contributed by atoms with Gasteiger partial charge in [0.1, 0.15) is 0 Å². The number of cyclic esters (lactones) is 1. The van der Waals surface area contributed by atoms with Gasteiger partial charge in [-0.05, 0) is 12.8 Å². The molecule has 3 nitrogen and oxygen atoms in total. The summed E-state index contributed by atoms with van der Waals surface area (Å²) in [5.41, 5.74) is 0. The first kappa shape index (κ1) is 5.23. The van der Waals surface area contributed by atoms with E-state index in [2.05, 4.69) is 4.74 Å². The highest BCUT2D eigenvalue weighted by Crippen LogP contribution is 2.42. The summed E-state index contributed by atoms with van der Waals surface area (Å²) in [7, 11) is 0. The Balaban J connectivity index is 2.17. The molecule has 0 radical (unpaired) electrons. The first-order chi connectivity index (χ1) is 4.29. The number of carbonyl (C=O) groups excluding carboxylic acids is 1.